The van der Waals surface area contributed by atoms with Gasteiger partial charge in [0.05, 0.1) is 0 Å². The van der Waals surface area contributed by atoms with E-state index < -0.39 is 0 Å². The topological polar surface area (TPSA) is 41.1 Å². The molecule has 3 nitrogen and oxygen atoms in total. The molecule has 2 N–H and O–H groups in total. The molecule has 0 aliphatic heterocycles. The van der Waals surface area contributed by atoms with E-state index in [1.54, 1.807) is 7.05 Å². The standard InChI is InChI=1S/C12H24N2O/c1-7-6-8(2)10(4)11(9(7)3)14-12(15)13-5/h7-11H,6H2,1-5H3,(H2,13,14,15). The summed E-state index contributed by atoms with van der Waals surface area (Å²) in [5, 5.41) is 5.71. The number of carbonyl (C=O) groups is 1. The van der Waals surface area contributed by atoms with Crippen LogP contribution in [0, 0.1) is 23.7 Å². The van der Waals surface area contributed by atoms with Crippen molar-refractivity contribution in [1.29, 1.82) is 0 Å². The fourth-order valence-electron chi connectivity index (χ4n) is 2.69. The van der Waals surface area contributed by atoms with E-state index in [1.807, 2.05) is 0 Å². The second-order valence-corrected chi connectivity index (χ2v) is 5.16. The zero-order valence-corrected chi connectivity index (χ0v) is 10.5. The Morgan fingerprint density at radius 2 is 1.53 bits per heavy atom. The monoisotopic (exact) mass is 212 g/mol. The molecule has 1 aliphatic carbocycles. The molecule has 0 aromatic carbocycles. The van der Waals surface area contributed by atoms with E-state index in [9.17, 15) is 4.79 Å². The van der Waals surface area contributed by atoms with Crippen molar-refractivity contribution in [2.24, 2.45) is 23.7 Å². The molecule has 0 heterocycles. The van der Waals surface area contributed by atoms with Crippen molar-refractivity contribution in [3.05, 3.63) is 0 Å². The molecule has 4 unspecified atom stereocenters. The Kier molecular flexibility index (Phi) is 4.00. The maximum atomic E-state index is 11.4. The summed E-state index contributed by atoms with van der Waals surface area (Å²) in [5.74, 6) is 2.51. The average Bonchev–Trinajstić information content (AvgIpc) is 2.21. The van der Waals surface area contributed by atoms with E-state index in [1.165, 1.54) is 6.42 Å². The van der Waals surface area contributed by atoms with Gasteiger partial charge in [-0.1, -0.05) is 27.7 Å². The van der Waals surface area contributed by atoms with Gasteiger partial charge >= 0.3 is 6.03 Å². The Morgan fingerprint density at radius 3 is 1.93 bits per heavy atom. The SMILES string of the molecule is CNC(=O)NC1C(C)C(C)CC(C)C1C. The maximum Gasteiger partial charge on any atom is 0.314 e. The molecule has 15 heavy (non-hydrogen) atoms. The highest BCUT2D eigenvalue weighted by atomic mass is 16.2. The fourth-order valence-corrected chi connectivity index (χ4v) is 2.69. The summed E-state index contributed by atoms with van der Waals surface area (Å²) in [5.41, 5.74) is 0. The van der Waals surface area contributed by atoms with Crippen molar-refractivity contribution >= 4 is 6.03 Å². The Balaban J connectivity index is 2.69. The molecule has 0 bridgehead atoms. The Hall–Kier alpha value is -0.730. The van der Waals surface area contributed by atoms with Gasteiger partial charge in [-0.05, 0) is 30.1 Å². The molecule has 1 aliphatic rings. The van der Waals surface area contributed by atoms with Crippen LogP contribution in [0.3, 0.4) is 0 Å². The number of nitrogens with one attached hydrogen (secondary N) is 2. The molecule has 1 rings (SSSR count). The van der Waals surface area contributed by atoms with Crippen LogP contribution in [0.5, 0.6) is 0 Å². The van der Waals surface area contributed by atoms with E-state index >= 15 is 0 Å². The molecule has 88 valence electrons. The fraction of sp³-hybridized carbons (Fsp3) is 0.917. The largest absolute Gasteiger partial charge is 0.341 e. The van der Waals surface area contributed by atoms with Crippen LogP contribution in [-0.2, 0) is 0 Å². The van der Waals surface area contributed by atoms with Crippen LogP contribution >= 0.6 is 0 Å². The van der Waals surface area contributed by atoms with Gasteiger partial charge in [0.15, 0.2) is 0 Å². The number of hydrogen-bond donors (Lipinski definition) is 2. The van der Waals surface area contributed by atoms with E-state index in [0.717, 1.165) is 0 Å². The Bertz CT molecular complexity index is 216. The van der Waals surface area contributed by atoms with Crippen LogP contribution in [0.15, 0.2) is 0 Å². The number of hydrogen-bond acceptors (Lipinski definition) is 1. The van der Waals surface area contributed by atoms with Gasteiger partial charge in [-0.2, -0.15) is 0 Å². The van der Waals surface area contributed by atoms with Crippen LogP contribution in [-0.4, -0.2) is 19.1 Å². The number of amides is 2. The molecule has 0 spiro atoms. The molecule has 3 heteroatoms. The van der Waals surface area contributed by atoms with Gasteiger partial charge in [-0.25, -0.2) is 4.79 Å². The third-order valence-corrected chi connectivity index (χ3v) is 4.20. The molecule has 0 aromatic heterocycles. The van der Waals surface area contributed by atoms with Crippen molar-refractivity contribution in [3.8, 4) is 0 Å². The lowest BCUT2D eigenvalue weighted by atomic mass is 9.67. The Morgan fingerprint density at radius 1 is 1.07 bits per heavy atom. The third-order valence-electron chi connectivity index (χ3n) is 4.20. The minimum atomic E-state index is -0.0556. The summed E-state index contributed by atoms with van der Waals surface area (Å²) in [6.45, 7) is 9.05. The van der Waals surface area contributed by atoms with Crippen LogP contribution in [0.25, 0.3) is 0 Å². The first-order valence-corrected chi connectivity index (χ1v) is 5.95. The molecule has 0 saturated heterocycles. The smallest absolute Gasteiger partial charge is 0.314 e. The van der Waals surface area contributed by atoms with Crippen molar-refractivity contribution in [2.45, 2.75) is 40.2 Å². The highest BCUT2D eigenvalue weighted by Crippen LogP contribution is 2.37. The van der Waals surface area contributed by atoms with E-state index in [-0.39, 0.29) is 6.03 Å². The lowest BCUT2D eigenvalue weighted by Gasteiger charge is -2.43. The van der Waals surface area contributed by atoms with Crippen LogP contribution < -0.4 is 10.6 Å². The van der Waals surface area contributed by atoms with Crippen molar-refractivity contribution in [2.75, 3.05) is 7.05 Å². The average molecular weight is 212 g/mol. The Labute approximate surface area is 93.0 Å². The van der Waals surface area contributed by atoms with Gasteiger partial charge in [-0.3, -0.25) is 0 Å². The highest BCUT2D eigenvalue weighted by Gasteiger charge is 2.37. The number of urea groups is 1. The molecule has 1 saturated carbocycles. The van der Waals surface area contributed by atoms with Crippen molar-refractivity contribution in [3.63, 3.8) is 0 Å². The van der Waals surface area contributed by atoms with Crippen LogP contribution in [0.4, 0.5) is 4.79 Å². The maximum absolute atomic E-state index is 11.4. The summed E-state index contributed by atoms with van der Waals surface area (Å²) >= 11 is 0. The van der Waals surface area contributed by atoms with E-state index in [4.69, 9.17) is 0 Å². The van der Waals surface area contributed by atoms with Gasteiger partial charge < -0.3 is 10.6 Å². The third kappa shape index (κ3) is 2.64. The van der Waals surface area contributed by atoms with Gasteiger partial charge in [0, 0.05) is 13.1 Å². The lowest BCUT2D eigenvalue weighted by molar-refractivity contribution is 0.105. The molecule has 2 amide bonds. The van der Waals surface area contributed by atoms with Gasteiger partial charge in [-0.15, -0.1) is 0 Å². The molecular formula is C12H24N2O. The van der Waals surface area contributed by atoms with Gasteiger partial charge in [0.25, 0.3) is 0 Å². The summed E-state index contributed by atoms with van der Waals surface area (Å²) in [6.07, 6.45) is 1.27. The highest BCUT2D eigenvalue weighted by molar-refractivity contribution is 5.73. The van der Waals surface area contributed by atoms with E-state index in [0.29, 0.717) is 29.7 Å². The van der Waals surface area contributed by atoms with Crippen LogP contribution in [0.2, 0.25) is 0 Å². The first-order valence-electron chi connectivity index (χ1n) is 5.95. The minimum absolute atomic E-state index is 0.0556. The summed E-state index contributed by atoms with van der Waals surface area (Å²) < 4.78 is 0. The second-order valence-electron chi connectivity index (χ2n) is 5.16. The molecular weight excluding hydrogens is 188 g/mol. The minimum Gasteiger partial charge on any atom is -0.341 e. The van der Waals surface area contributed by atoms with Crippen LogP contribution in [0.1, 0.15) is 34.1 Å². The predicted octanol–water partition coefficient (Wildman–Crippen LogP) is 2.23. The van der Waals surface area contributed by atoms with Gasteiger partial charge in [0.1, 0.15) is 0 Å². The van der Waals surface area contributed by atoms with Crippen molar-refractivity contribution < 1.29 is 4.79 Å². The molecule has 4 atom stereocenters. The van der Waals surface area contributed by atoms with Gasteiger partial charge in [0.2, 0.25) is 0 Å². The predicted molar refractivity (Wildman–Crippen MR) is 62.7 cm³/mol. The zero-order valence-electron chi connectivity index (χ0n) is 10.5. The normalized spacial score (nSPS) is 41.0. The lowest BCUT2D eigenvalue weighted by Crippen LogP contribution is -2.52. The summed E-state index contributed by atoms with van der Waals surface area (Å²) in [4.78, 5) is 11.4. The second kappa shape index (κ2) is 4.86. The number of rotatable bonds is 1. The molecule has 1 fully saturated rings. The molecule has 0 aromatic rings. The summed E-state index contributed by atoms with van der Waals surface area (Å²) in [7, 11) is 1.67. The van der Waals surface area contributed by atoms with Crippen molar-refractivity contribution in [1.82, 2.24) is 10.6 Å². The first kappa shape index (κ1) is 12.3. The van der Waals surface area contributed by atoms with E-state index in [2.05, 4.69) is 38.3 Å². The summed E-state index contributed by atoms with van der Waals surface area (Å²) in [6, 6.07) is 0.253. The zero-order chi connectivity index (χ0) is 11.6. The number of carbonyl (C=O) groups excluding carboxylic acids is 1. The molecule has 0 radical (unpaired) electrons. The quantitative estimate of drug-likeness (QED) is 0.687. The first-order chi connectivity index (χ1) is 6.97.